The van der Waals surface area contributed by atoms with Gasteiger partial charge in [-0.1, -0.05) is 0 Å². The van der Waals surface area contributed by atoms with Crippen LogP contribution >= 0.6 is 11.8 Å². The van der Waals surface area contributed by atoms with E-state index in [9.17, 15) is 9.59 Å². The Kier molecular flexibility index (Phi) is 3.09. The molecule has 1 aromatic rings. The van der Waals surface area contributed by atoms with Crippen molar-refractivity contribution < 1.29 is 14.7 Å². The van der Waals surface area contributed by atoms with Gasteiger partial charge < -0.3 is 10.0 Å². The third-order valence-electron chi connectivity index (χ3n) is 2.29. The van der Waals surface area contributed by atoms with E-state index in [1.807, 2.05) is 0 Å². The molecule has 7 nitrogen and oxygen atoms in total. The highest BCUT2D eigenvalue weighted by Crippen LogP contribution is 2.18. The second-order valence-electron chi connectivity index (χ2n) is 3.26. The van der Waals surface area contributed by atoms with Crippen LogP contribution < -0.4 is 0 Å². The minimum absolute atomic E-state index is 0.0816. The van der Waals surface area contributed by atoms with E-state index in [-0.39, 0.29) is 5.82 Å². The number of aliphatic carboxylic acids is 1. The number of carbonyl (C=O) groups is 2. The van der Waals surface area contributed by atoms with E-state index in [2.05, 4.69) is 15.2 Å². The molecule has 1 aliphatic heterocycles. The highest BCUT2D eigenvalue weighted by atomic mass is 32.2. The number of H-pyrrole nitrogens is 1. The van der Waals surface area contributed by atoms with Gasteiger partial charge in [0.15, 0.2) is 0 Å². The Labute approximate surface area is 95.2 Å². The van der Waals surface area contributed by atoms with E-state index in [1.165, 1.54) is 23.0 Å². The highest BCUT2D eigenvalue weighted by Gasteiger charge is 2.33. The normalized spacial score (nSPS) is 20.8. The van der Waals surface area contributed by atoms with Crippen molar-refractivity contribution in [1.82, 2.24) is 20.1 Å². The second-order valence-corrected chi connectivity index (χ2v) is 4.41. The number of nitrogens with one attached hydrogen (secondary N) is 1. The fraction of sp³-hybridized carbons (Fsp3) is 0.500. The molecule has 2 heterocycles. The first-order valence-corrected chi connectivity index (χ1v) is 5.82. The molecule has 0 bridgehead atoms. The van der Waals surface area contributed by atoms with Gasteiger partial charge in [-0.15, -0.1) is 0 Å². The van der Waals surface area contributed by atoms with Crippen molar-refractivity contribution in [1.29, 1.82) is 0 Å². The fourth-order valence-corrected chi connectivity index (χ4v) is 2.53. The average Bonchev–Trinajstić information content (AvgIpc) is 2.81. The van der Waals surface area contributed by atoms with Gasteiger partial charge in [-0.25, -0.2) is 9.78 Å². The number of amides is 1. The molecular weight excluding hydrogens is 232 g/mol. The van der Waals surface area contributed by atoms with Crippen LogP contribution in [0.3, 0.4) is 0 Å². The zero-order valence-electron chi connectivity index (χ0n) is 8.29. The molecule has 0 saturated carbocycles. The third kappa shape index (κ3) is 2.01. The molecule has 1 atom stereocenters. The molecule has 0 aromatic carbocycles. The second kappa shape index (κ2) is 4.52. The van der Waals surface area contributed by atoms with Crippen molar-refractivity contribution in [2.45, 2.75) is 6.04 Å². The van der Waals surface area contributed by atoms with Gasteiger partial charge in [0.25, 0.3) is 5.91 Å². The first kappa shape index (κ1) is 10.9. The van der Waals surface area contributed by atoms with Crippen LogP contribution in [0.2, 0.25) is 0 Å². The molecule has 1 saturated heterocycles. The molecule has 0 radical (unpaired) electrons. The highest BCUT2D eigenvalue weighted by molar-refractivity contribution is 7.99. The molecule has 1 aliphatic rings. The Bertz CT molecular complexity index is 394. The van der Waals surface area contributed by atoms with Crippen LogP contribution in [0, 0.1) is 0 Å². The van der Waals surface area contributed by atoms with Gasteiger partial charge in [0, 0.05) is 18.1 Å². The van der Waals surface area contributed by atoms with Crippen LogP contribution in [0.15, 0.2) is 6.33 Å². The lowest BCUT2D eigenvalue weighted by atomic mass is 10.2. The van der Waals surface area contributed by atoms with Crippen LogP contribution in [-0.2, 0) is 4.79 Å². The lowest BCUT2D eigenvalue weighted by Crippen LogP contribution is -2.50. The lowest BCUT2D eigenvalue weighted by Gasteiger charge is -2.31. The van der Waals surface area contributed by atoms with E-state index in [4.69, 9.17) is 5.11 Å². The fourth-order valence-electron chi connectivity index (χ4n) is 1.50. The van der Waals surface area contributed by atoms with Crippen LogP contribution in [0.5, 0.6) is 0 Å². The summed E-state index contributed by atoms with van der Waals surface area (Å²) in [5, 5.41) is 15.0. The summed E-state index contributed by atoms with van der Waals surface area (Å²) in [4.78, 5) is 27.9. The van der Waals surface area contributed by atoms with Gasteiger partial charge in [-0.3, -0.25) is 9.89 Å². The Balaban J connectivity index is 2.17. The summed E-state index contributed by atoms with van der Waals surface area (Å²) in [6, 6.07) is -0.781. The minimum atomic E-state index is -0.986. The number of carbonyl (C=O) groups excluding carboxylic acids is 1. The van der Waals surface area contributed by atoms with Crippen molar-refractivity contribution in [2.24, 2.45) is 0 Å². The van der Waals surface area contributed by atoms with Crippen molar-refractivity contribution in [3.63, 3.8) is 0 Å². The van der Waals surface area contributed by atoms with Crippen molar-refractivity contribution in [3.8, 4) is 0 Å². The summed E-state index contributed by atoms with van der Waals surface area (Å²) in [5.41, 5.74) is 0. The number of aromatic nitrogens is 3. The maximum atomic E-state index is 11.9. The van der Waals surface area contributed by atoms with E-state index < -0.39 is 17.9 Å². The summed E-state index contributed by atoms with van der Waals surface area (Å²) in [5.74, 6) is -0.165. The molecule has 1 unspecified atom stereocenters. The molecule has 0 aliphatic carbocycles. The summed E-state index contributed by atoms with van der Waals surface area (Å²) in [6.45, 7) is 0.418. The molecular formula is C8H10N4O3S. The molecule has 8 heteroatoms. The van der Waals surface area contributed by atoms with Crippen LogP contribution in [0.4, 0.5) is 0 Å². The van der Waals surface area contributed by atoms with Crippen molar-refractivity contribution in [2.75, 3.05) is 18.1 Å². The van der Waals surface area contributed by atoms with E-state index >= 15 is 0 Å². The molecule has 0 spiro atoms. The summed E-state index contributed by atoms with van der Waals surface area (Å²) < 4.78 is 0. The number of carboxylic acid groups (broad SMARTS) is 1. The SMILES string of the molecule is O=C(O)C1CSCCN1C(=O)c1ncn[nH]1. The van der Waals surface area contributed by atoms with Crippen LogP contribution in [0.25, 0.3) is 0 Å². The van der Waals surface area contributed by atoms with Crippen LogP contribution in [-0.4, -0.2) is 61.2 Å². The molecule has 16 heavy (non-hydrogen) atoms. The first-order chi connectivity index (χ1) is 7.70. The minimum Gasteiger partial charge on any atom is -0.480 e. The Hall–Kier alpha value is -1.57. The summed E-state index contributed by atoms with van der Waals surface area (Å²) in [7, 11) is 0. The van der Waals surface area contributed by atoms with Gasteiger partial charge in [-0.05, 0) is 0 Å². The maximum Gasteiger partial charge on any atom is 0.327 e. The number of rotatable bonds is 2. The number of hydrogen-bond acceptors (Lipinski definition) is 5. The summed E-state index contributed by atoms with van der Waals surface area (Å²) in [6.07, 6.45) is 1.22. The molecule has 2 rings (SSSR count). The molecule has 1 amide bonds. The van der Waals surface area contributed by atoms with Gasteiger partial charge in [0.05, 0.1) is 0 Å². The van der Waals surface area contributed by atoms with Gasteiger partial charge >= 0.3 is 5.97 Å². The van der Waals surface area contributed by atoms with Crippen LogP contribution in [0.1, 0.15) is 10.6 Å². The van der Waals surface area contributed by atoms with E-state index in [1.54, 1.807) is 0 Å². The molecule has 2 N–H and O–H groups in total. The molecule has 1 fully saturated rings. The zero-order valence-corrected chi connectivity index (χ0v) is 9.11. The predicted octanol–water partition coefficient (Wildman–Crippen LogP) is -0.553. The number of thioether (sulfide) groups is 1. The predicted molar refractivity (Wildman–Crippen MR) is 56.2 cm³/mol. The van der Waals surface area contributed by atoms with E-state index in [0.717, 1.165) is 5.75 Å². The monoisotopic (exact) mass is 242 g/mol. The Morgan fingerprint density at radius 1 is 1.62 bits per heavy atom. The number of nitrogens with zero attached hydrogens (tertiary/aromatic N) is 3. The number of carboxylic acids is 1. The third-order valence-corrected chi connectivity index (χ3v) is 3.31. The van der Waals surface area contributed by atoms with Crippen molar-refractivity contribution in [3.05, 3.63) is 12.2 Å². The number of hydrogen-bond donors (Lipinski definition) is 2. The topological polar surface area (TPSA) is 99.2 Å². The average molecular weight is 242 g/mol. The quantitative estimate of drug-likeness (QED) is 0.721. The van der Waals surface area contributed by atoms with Gasteiger partial charge in [-0.2, -0.15) is 16.9 Å². The maximum absolute atomic E-state index is 11.9. The van der Waals surface area contributed by atoms with Gasteiger partial charge in [0.1, 0.15) is 12.4 Å². The standard InChI is InChI=1S/C8H10N4O3S/c13-7(6-9-4-10-11-6)12-1-2-16-3-5(12)8(14)15/h4-5H,1-3H2,(H,14,15)(H,9,10,11). The Morgan fingerprint density at radius 3 is 3.06 bits per heavy atom. The summed E-state index contributed by atoms with van der Waals surface area (Å²) >= 11 is 1.53. The van der Waals surface area contributed by atoms with Gasteiger partial charge in [0.2, 0.25) is 5.82 Å². The van der Waals surface area contributed by atoms with E-state index in [0.29, 0.717) is 12.3 Å². The Morgan fingerprint density at radius 2 is 2.44 bits per heavy atom. The largest absolute Gasteiger partial charge is 0.480 e. The molecule has 86 valence electrons. The molecule has 1 aromatic heterocycles. The van der Waals surface area contributed by atoms with Crippen molar-refractivity contribution >= 4 is 23.6 Å². The number of aromatic amines is 1. The zero-order chi connectivity index (χ0) is 11.5. The first-order valence-electron chi connectivity index (χ1n) is 4.67. The lowest BCUT2D eigenvalue weighted by molar-refractivity contribution is -0.141. The smallest absolute Gasteiger partial charge is 0.327 e.